The molecule has 2 aliphatic carbocycles. The Labute approximate surface area is 192 Å². The summed E-state index contributed by atoms with van der Waals surface area (Å²) in [6, 6.07) is 18.1. The Balaban J connectivity index is 0.000000457. The molecule has 0 aromatic heterocycles. The fourth-order valence-electron chi connectivity index (χ4n) is 3.36. The van der Waals surface area contributed by atoms with Crippen LogP contribution in [0.2, 0.25) is 0 Å². The summed E-state index contributed by atoms with van der Waals surface area (Å²) in [7, 11) is 0. The molecule has 27 heavy (non-hydrogen) atoms. The second kappa shape index (κ2) is 14.2. The van der Waals surface area contributed by atoms with Gasteiger partial charge in [-0.05, 0) is 6.42 Å². The Morgan fingerprint density at radius 3 is 2.44 bits per heavy atom. The molecule has 2 aliphatic rings. The predicted octanol–water partition coefficient (Wildman–Crippen LogP) is 0.710. The van der Waals surface area contributed by atoms with Crippen LogP contribution in [0.15, 0.2) is 60.2 Å². The van der Waals surface area contributed by atoms with Crippen LogP contribution >= 0.6 is 0 Å². The smallest absolute Gasteiger partial charge is 1.00 e. The summed E-state index contributed by atoms with van der Waals surface area (Å²) in [5.74, 6) is 0. The summed E-state index contributed by atoms with van der Waals surface area (Å²) >= 11 is 0. The maximum absolute atomic E-state index is 3.34. The van der Waals surface area contributed by atoms with Crippen molar-refractivity contribution in [3.8, 4) is 11.1 Å². The fraction of sp³-hybridized carbons (Fsp3) is 0.333. The Morgan fingerprint density at radius 1 is 0.926 bits per heavy atom. The first-order valence-electron chi connectivity index (χ1n) is 9.22. The van der Waals surface area contributed by atoms with Gasteiger partial charge in [0.25, 0.3) is 0 Å². The average Bonchev–Trinajstić information content (AvgIpc) is 3.27. The molecule has 0 aliphatic heterocycles. The second-order valence-corrected chi connectivity index (χ2v) is 6.52. The quantitative estimate of drug-likeness (QED) is 0.316. The molecule has 0 nitrogen and oxygen atoms in total. The normalized spacial score (nSPS) is 12.3. The number of hydrogen-bond acceptors (Lipinski definition) is 0. The maximum atomic E-state index is 3.34. The van der Waals surface area contributed by atoms with Crippen molar-refractivity contribution in [2.24, 2.45) is 0 Å². The second-order valence-electron chi connectivity index (χ2n) is 6.52. The van der Waals surface area contributed by atoms with Crippen LogP contribution < -0.4 is 24.8 Å². The number of unbranched alkanes of at least 4 members (excludes halogenated alkanes) is 3. The molecule has 0 saturated carbocycles. The summed E-state index contributed by atoms with van der Waals surface area (Å²) in [5.41, 5.74) is 6.94. The summed E-state index contributed by atoms with van der Waals surface area (Å²) in [6.07, 6.45) is 16.5. The van der Waals surface area contributed by atoms with E-state index in [-0.39, 0.29) is 46.5 Å². The van der Waals surface area contributed by atoms with Gasteiger partial charge in [0.1, 0.15) is 0 Å². The van der Waals surface area contributed by atoms with E-state index in [2.05, 4.69) is 67.6 Å². The molecule has 0 heterocycles. The van der Waals surface area contributed by atoms with E-state index in [4.69, 9.17) is 0 Å². The molecule has 0 bridgehead atoms. The molecule has 0 N–H and O–H groups in total. The summed E-state index contributed by atoms with van der Waals surface area (Å²) in [5, 5.41) is 0. The Morgan fingerprint density at radius 2 is 1.70 bits per heavy atom. The average molecular weight is 433 g/mol. The minimum atomic E-state index is 0. The topological polar surface area (TPSA) is 0 Å². The Kier molecular flexibility index (Phi) is 13.8. The van der Waals surface area contributed by atoms with Crippen LogP contribution in [-0.4, -0.2) is 0 Å². The molecule has 4 rings (SSSR count). The molecule has 0 unspecified atom stereocenters. The van der Waals surface area contributed by atoms with E-state index in [0.29, 0.717) is 0 Å². The van der Waals surface area contributed by atoms with Crippen LogP contribution in [0.1, 0.15) is 56.6 Å². The van der Waals surface area contributed by atoms with Crippen molar-refractivity contribution < 1.29 is 46.5 Å². The molecule has 3 heteroatoms. The van der Waals surface area contributed by atoms with Gasteiger partial charge in [-0.2, -0.15) is 35.9 Å². The van der Waals surface area contributed by atoms with Crippen molar-refractivity contribution in [2.75, 3.05) is 0 Å². The Bertz CT molecular complexity index is 691. The van der Waals surface area contributed by atoms with Gasteiger partial charge in [-0.1, -0.05) is 74.4 Å². The van der Waals surface area contributed by atoms with Gasteiger partial charge in [-0.25, -0.2) is 11.6 Å². The van der Waals surface area contributed by atoms with Crippen LogP contribution in [0.3, 0.4) is 0 Å². The van der Waals surface area contributed by atoms with Crippen molar-refractivity contribution in [1.82, 2.24) is 0 Å². The van der Waals surface area contributed by atoms with Gasteiger partial charge in [-0.3, -0.25) is 6.08 Å². The van der Waals surface area contributed by atoms with Crippen molar-refractivity contribution >= 4 is 0 Å². The zero-order valence-corrected chi connectivity index (χ0v) is 19.0. The van der Waals surface area contributed by atoms with Crippen molar-refractivity contribution in [3.63, 3.8) is 0 Å². The number of rotatable bonds is 5. The standard InChI is InChI=1S/C13H9.C11H17.2ClH.Ti/c1-3-7-12-10(5-1)9-11-6-2-4-8-13(11)12;1-2-3-4-5-8-11-9-6-7-10-11;;;/h1-5,7-8H,9H2;6,9H,2-5,7-8H2,1H3;2*1H;/q2*-1;;;+4/p-2. The number of hydrogen-bond donors (Lipinski definition) is 0. The minimum absolute atomic E-state index is 0. The molecule has 0 atom stereocenters. The summed E-state index contributed by atoms with van der Waals surface area (Å²) in [6.45, 7) is 2.25. The SMILES string of the molecule is CCCCCCC1=[C-]CC=C1.[Cl-].[Cl-].[Ti+4].[c-]1cccc2c1Cc1ccccc1-2. The molecular formula is C24H26Cl2Ti. The van der Waals surface area contributed by atoms with Crippen LogP contribution in [0.25, 0.3) is 11.1 Å². The van der Waals surface area contributed by atoms with Gasteiger partial charge in [0.2, 0.25) is 0 Å². The molecule has 0 fully saturated rings. The number of allylic oxidation sites excluding steroid dienone is 4. The van der Waals surface area contributed by atoms with Crippen LogP contribution in [0.4, 0.5) is 0 Å². The van der Waals surface area contributed by atoms with Gasteiger partial charge < -0.3 is 24.8 Å². The molecule has 140 valence electrons. The fourth-order valence-corrected chi connectivity index (χ4v) is 3.36. The monoisotopic (exact) mass is 432 g/mol. The van der Waals surface area contributed by atoms with Crippen LogP contribution in [0, 0.1) is 12.1 Å². The molecule has 0 spiro atoms. The van der Waals surface area contributed by atoms with E-state index < -0.39 is 0 Å². The van der Waals surface area contributed by atoms with Crippen LogP contribution in [0.5, 0.6) is 0 Å². The van der Waals surface area contributed by atoms with E-state index in [9.17, 15) is 0 Å². The van der Waals surface area contributed by atoms with E-state index >= 15 is 0 Å². The zero-order valence-electron chi connectivity index (χ0n) is 15.9. The molecule has 0 radical (unpaired) electrons. The number of benzene rings is 2. The predicted molar refractivity (Wildman–Crippen MR) is 103 cm³/mol. The molecular weight excluding hydrogens is 407 g/mol. The minimum Gasteiger partial charge on any atom is -1.00 e. The molecule has 0 amide bonds. The van der Waals surface area contributed by atoms with Crippen molar-refractivity contribution in [2.45, 2.75) is 51.9 Å². The van der Waals surface area contributed by atoms with Gasteiger partial charge in [-0.15, -0.1) is 12.0 Å². The van der Waals surface area contributed by atoms with Gasteiger partial charge in [0.15, 0.2) is 0 Å². The number of halogens is 2. The summed E-state index contributed by atoms with van der Waals surface area (Å²) < 4.78 is 0. The molecule has 2 aromatic rings. The third-order valence-electron chi connectivity index (χ3n) is 4.68. The molecule has 0 saturated heterocycles. The van der Waals surface area contributed by atoms with E-state index in [1.165, 1.54) is 59.9 Å². The largest absolute Gasteiger partial charge is 4.00 e. The first-order chi connectivity index (χ1) is 11.9. The third kappa shape index (κ3) is 7.62. The van der Waals surface area contributed by atoms with Crippen LogP contribution in [-0.2, 0) is 28.1 Å². The van der Waals surface area contributed by atoms with Gasteiger partial charge in [0, 0.05) is 0 Å². The first-order valence-corrected chi connectivity index (χ1v) is 9.22. The zero-order chi connectivity index (χ0) is 16.6. The van der Waals surface area contributed by atoms with Gasteiger partial charge >= 0.3 is 21.7 Å². The van der Waals surface area contributed by atoms with Gasteiger partial charge in [0.05, 0.1) is 0 Å². The first kappa shape index (κ1) is 26.2. The summed E-state index contributed by atoms with van der Waals surface area (Å²) in [4.78, 5) is 0. The van der Waals surface area contributed by atoms with E-state index in [0.717, 1.165) is 12.8 Å². The Hall–Kier alpha value is -0.786. The maximum Gasteiger partial charge on any atom is 4.00 e. The van der Waals surface area contributed by atoms with E-state index in [1.54, 1.807) is 0 Å². The van der Waals surface area contributed by atoms with E-state index in [1.807, 2.05) is 6.07 Å². The third-order valence-corrected chi connectivity index (χ3v) is 4.68. The van der Waals surface area contributed by atoms with Crippen molar-refractivity contribution in [1.29, 1.82) is 0 Å². The number of fused-ring (bicyclic) bond motifs is 3. The molecule has 2 aromatic carbocycles. The van der Waals surface area contributed by atoms with Crippen molar-refractivity contribution in [3.05, 3.63) is 83.5 Å².